The third-order valence-electron chi connectivity index (χ3n) is 5.14. The van der Waals surface area contributed by atoms with E-state index in [0.29, 0.717) is 6.54 Å². The monoisotopic (exact) mass is 390 g/mol. The van der Waals surface area contributed by atoms with Crippen molar-refractivity contribution in [3.05, 3.63) is 87.1 Å². The van der Waals surface area contributed by atoms with E-state index in [2.05, 4.69) is 5.32 Å². The quantitative estimate of drug-likeness (QED) is 0.660. The van der Waals surface area contributed by atoms with Crippen LogP contribution in [0.3, 0.4) is 0 Å². The van der Waals surface area contributed by atoms with E-state index < -0.39 is 0 Å². The Balaban J connectivity index is 1.57. The van der Waals surface area contributed by atoms with Gasteiger partial charge in [-0.3, -0.25) is 9.59 Å². The molecule has 3 aromatic rings. The standard InChI is InChI=1S/C23H22N2O2S/c1-15-9-10-16(2)19(12-15)24-22(26)13-20(21-8-5-11-28-21)25-14-17-6-3-4-7-18(17)23(25)27/h3-12,20H,13-14H2,1-2H3,(H,24,26)/t20-/m0/s1. The van der Waals surface area contributed by atoms with Gasteiger partial charge in [-0.25, -0.2) is 0 Å². The van der Waals surface area contributed by atoms with Gasteiger partial charge in [-0.1, -0.05) is 36.4 Å². The van der Waals surface area contributed by atoms with Crippen molar-refractivity contribution in [3.63, 3.8) is 0 Å². The summed E-state index contributed by atoms with van der Waals surface area (Å²) in [6.07, 6.45) is 0.230. The lowest BCUT2D eigenvalue weighted by Crippen LogP contribution is -2.31. The summed E-state index contributed by atoms with van der Waals surface area (Å²) in [5.41, 5.74) is 4.70. The highest BCUT2D eigenvalue weighted by Gasteiger charge is 2.34. The first-order valence-electron chi connectivity index (χ1n) is 9.32. The maximum atomic E-state index is 13.0. The minimum Gasteiger partial charge on any atom is -0.326 e. The number of hydrogen-bond acceptors (Lipinski definition) is 3. The second kappa shape index (κ2) is 7.60. The van der Waals surface area contributed by atoms with Crippen LogP contribution in [0.4, 0.5) is 5.69 Å². The lowest BCUT2D eigenvalue weighted by molar-refractivity contribution is -0.117. The van der Waals surface area contributed by atoms with E-state index in [9.17, 15) is 9.59 Å². The Kier molecular flexibility index (Phi) is 5.01. The lowest BCUT2D eigenvalue weighted by atomic mass is 10.1. The number of benzene rings is 2. The predicted molar refractivity (Wildman–Crippen MR) is 113 cm³/mol. The number of hydrogen-bond donors (Lipinski definition) is 1. The molecule has 2 heterocycles. The molecule has 28 heavy (non-hydrogen) atoms. The summed E-state index contributed by atoms with van der Waals surface area (Å²) in [4.78, 5) is 28.7. The van der Waals surface area contributed by atoms with E-state index >= 15 is 0 Å². The molecule has 5 heteroatoms. The minimum atomic E-state index is -0.273. The molecular weight excluding hydrogens is 368 g/mol. The Morgan fingerprint density at radius 2 is 1.96 bits per heavy atom. The van der Waals surface area contributed by atoms with Crippen LogP contribution in [0.5, 0.6) is 0 Å². The Bertz CT molecular complexity index is 1030. The van der Waals surface area contributed by atoms with E-state index in [1.165, 1.54) is 0 Å². The van der Waals surface area contributed by atoms with Crippen LogP contribution in [0.1, 0.15) is 44.4 Å². The first kappa shape index (κ1) is 18.4. The number of fused-ring (bicyclic) bond motifs is 1. The Morgan fingerprint density at radius 1 is 1.14 bits per heavy atom. The van der Waals surface area contributed by atoms with Gasteiger partial charge in [0, 0.05) is 22.7 Å². The normalized spacial score (nSPS) is 14.1. The first-order valence-corrected chi connectivity index (χ1v) is 10.2. The van der Waals surface area contributed by atoms with Crippen LogP contribution in [0.15, 0.2) is 60.0 Å². The average Bonchev–Trinajstić information content (AvgIpc) is 3.32. The SMILES string of the molecule is Cc1ccc(C)c(NC(=O)C[C@@H](c2cccs2)N2Cc3ccccc3C2=O)c1. The second-order valence-electron chi connectivity index (χ2n) is 7.19. The number of carbonyl (C=O) groups is 2. The molecule has 142 valence electrons. The van der Waals surface area contributed by atoms with Gasteiger partial charge >= 0.3 is 0 Å². The van der Waals surface area contributed by atoms with E-state index in [4.69, 9.17) is 0 Å². The number of amides is 2. The van der Waals surface area contributed by atoms with Crippen molar-refractivity contribution in [1.82, 2.24) is 4.90 Å². The highest BCUT2D eigenvalue weighted by Crippen LogP contribution is 2.35. The smallest absolute Gasteiger partial charge is 0.255 e. The molecule has 0 radical (unpaired) electrons. The molecule has 0 spiro atoms. The highest BCUT2D eigenvalue weighted by molar-refractivity contribution is 7.10. The molecule has 1 N–H and O–H groups in total. The van der Waals surface area contributed by atoms with E-state index in [1.807, 2.05) is 78.7 Å². The molecule has 4 nitrogen and oxygen atoms in total. The molecule has 1 atom stereocenters. The molecule has 4 rings (SSSR count). The molecule has 0 bridgehead atoms. The van der Waals surface area contributed by atoms with Crippen LogP contribution in [0.2, 0.25) is 0 Å². The van der Waals surface area contributed by atoms with Gasteiger partial charge in [0.1, 0.15) is 0 Å². The topological polar surface area (TPSA) is 49.4 Å². The van der Waals surface area contributed by atoms with Crippen LogP contribution in [0.25, 0.3) is 0 Å². The lowest BCUT2D eigenvalue weighted by Gasteiger charge is -2.27. The molecule has 0 saturated heterocycles. The van der Waals surface area contributed by atoms with Gasteiger partial charge in [0.2, 0.25) is 5.91 Å². The molecule has 2 amide bonds. The summed E-state index contributed by atoms with van der Waals surface area (Å²) in [7, 11) is 0. The average molecular weight is 391 g/mol. The maximum absolute atomic E-state index is 13.0. The summed E-state index contributed by atoms with van der Waals surface area (Å²) in [6.45, 7) is 4.52. The summed E-state index contributed by atoms with van der Waals surface area (Å²) < 4.78 is 0. The summed E-state index contributed by atoms with van der Waals surface area (Å²) in [5, 5.41) is 5.02. The molecule has 2 aromatic carbocycles. The van der Waals surface area contributed by atoms with Gasteiger partial charge in [-0.15, -0.1) is 11.3 Å². The summed E-state index contributed by atoms with van der Waals surface area (Å²) in [5.74, 6) is -0.0932. The Labute approximate surface area is 168 Å². The largest absolute Gasteiger partial charge is 0.326 e. The van der Waals surface area contributed by atoms with Crippen molar-refractivity contribution < 1.29 is 9.59 Å². The summed E-state index contributed by atoms with van der Waals surface area (Å²) >= 11 is 1.58. The maximum Gasteiger partial charge on any atom is 0.255 e. The molecule has 0 aliphatic carbocycles. The molecule has 1 aromatic heterocycles. The molecule has 1 aliphatic rings. The Hall–Kier alpha value is -2.92. The summed E-state index contributed by atoms with van der Waals surface area (Å²) in [6, 6.07) is 17.4. The zero-order valence-electron chi connectivity index (χ0n) is 15.9. The van der Waals surface area contributed by atoms with E-state index in [-0.39, 0.29) is 24.3 Å². The fourth-order valence-electron chi connectivity index (χ4n) is 3.62. The second-order valence-corrected chi connectivity index (χ2v) is 8.17. The molecular formula is C23H22N2O2S. The molecule has 0 unspecified atom stereocenters. The first-order chi connectivity index (χ1) is 13.5. The molecule has 1 aliphatic heterocycles. The van der Waals surface area contributed by atoms with Crippen molar-refractivity contribution in [3.8, 4) is 0 Å². The van der Waals surface area contributed by atoms with Crippen molar-refractivity contribution in [2.45, 2.75) is 32.9 Å². The van der Waals surface area contributed by atoms with Crippen LogP contribution in [-0.2, 0) is 11.3 Å². The molecule has 0 saturated carbocycles. The van der Waals surface area contributed by atoms with Gasteiger partial charge < -0.3 is 10.2 Å². The number of carbonyl (C=O) groups excluding carboxylic acids is 2. The third kappa shape index (κ3) is 3.58. The highest BCUT2D eigenvalue weighted by atomic mass is 32.1. The van der Waals surface area contributed by atoms with Gasteiger partial charge in [-0.05, 0) is 54.1 Å². The number of aryl methyl sites for hydroxylation is 2. The van der Waals surface area contributed by atoms with E-state index in [0.717, 1.165) is 32.8 Å². The number of nitrogens with one attached hydrogen (secondary N) is 1. The van der Waals surface area contributed by atoms with E-state index in [1.54, 1.807) is 11.3 Å². The van der Waals surface area contributed by atoms with Crippen LogP contribution in [0, 0.1) is 13.8 Å². The van der Waals surface area contributed by atoms with Crippen molar-refractivity contribution in [1.29, 1.82) is 0 Å². The minimum absolute atomic E-state index is 0.00599. The van der Waals surface area contributed by atoms with Gasteiger partial charge in [-0.2, -0.15) is 0 Å². The van der Waals surface area contributed by atoms with Crippen molar-refractivity contribution in [2.75, 3.05) is 5.32 Å². The number of thiophene rings is 1. The predicted octanol–water partition coefficient (Wildman–Crippen LogP) is 5.09. The number of rotatable bonds is 5. The third-order valence-corrected chi connectivity index (χ3v) is 6.12. The van der Waals surface area contributed by atoms with Gasteiger partial charge in [0.15, 0.2) is 0 Å². The van der Waals surface area contributed by atoms with Gasteiger partial charge in [0.05, 0.1) is 12.5 Å². The zero-order chi connectivity index (χ0) is 19.7. The fraction of sp³-hybridized carbons (Fsp3) is 0.217. The van der Waals surface area contributed by atoms with Crippen molar-refractivity contribution >= 4 is 28.8 Å². The number of nitrogens with zero attached hydrogens (tertiary/aromatic N) is 1. The Morgan fingerprint density at radius 3 is 2.71 bits per heavy atom. The van der Waals surface area contributed by atoms with Crippen LogP contribution in [-0.4, -0.2) is 16.7 Å². The fourth-order valence-corrected chi connectivity index (χ4v) is 4.46. The van der Waals surface area contributed by atoms with Crippen molar-refractivity contribution in [2.24, 2.45) is 0 Å². The molecule has 0 fully saturated rings. The number of anilines is 1. The van der Waals surface area contributed by atoms with Gasteiger partial charge in [0.25, 0.3) is 5.91 Å². The van der Waals surface area contributed by atoms with Crippen LogP contribution < -0.4 is 5.32 Å². The van der Waals surface area contributed by atoms with Crippen LogP contribution >= 0.6 is 11.3 Å². The zero-order valence-corrected chi connectivity index (χ0v) is 16.8.